The number of hydrogen-bond donors (Lipinski definition) is 0. The van der Waals surface area contributed by atoms with Crippen molar-refractivity contribution in [3.63, 3.8) is 0 Å². The van der Waals surface area contributed by atoms with E-state index < -0.39 is 0 Å². The van der Waals surface area contributed by atoms with Gasteiger partial charge in [-0.15, -0.1) is 0 Å². The van der Waals surface area contributed by atoms with Gasteiger partial charge in [0.1, 0.15) is 0 Å². The fourth-order valence-electron chi connectivity index (χ4n) is 8.71. The van der Waals surface area contributed by atoms with Gasteiger partial charge in [-0.1, -0.05) is 146 Å². The molecule has 0 atom stereocenters. The van der Waals surface area contributed by atoms with Gasteiger partial charge >= 0.3 is 0 Å². The van der Waals surface area contributed by atoms with Crippen molar-refractivity contribution in [2.75, 3.05) is 4.90 Å². The quantitative estimate of drug-likeness (QED) is 0.167. The lowest BCUT2D eigenvalue weighted by molar-refractivity contribution is 1.18. The van der Waals surface area contributed by atoms with Crippen LogP contribution in [0.1, 0.15) is 0 Å². The van der Waals surface area contributed by atoms with Gasteiger partial charge in [0, 0.05) is 38.8 Å². The fourth-order valence-corrected chi connectivity index (χ4v) is 8.71. The molecule has 0 aliphatic heterocycles. The van der Waals surface area contributed by atoms with Crippen molar-refractivity contribution in [1.29, 1.82) is 0 Å². The predicted molar refractivity (Wildman–Crippen MR) is 220 cm³/mol. The maximum Gasteiger partial charge on any atom is 0.0562 e. The van der Waals surface area contributed by atoms with Crippen LogP contribution >= 0.6 is 0 Å². The monoisotopic (exact) mass is 660 g/mol. The van der Waals surface area contributed by atoms with Crippen LogP contribution in [0, 0.1) is 0 Å². The molecule has 9 aromatic carbocycles. The van der Waals surface area contributed by atoms with Gasteiger partial charge in [-0.25, -0.2) is 0 Å². The molecule has 0 unspecified atom stereocenters. The standard InChI is InChI=1S/C50H32N2/c1-3-15-33(16-4-1)38-21-9-11-26-44(38)52-45-27-12-10-23-40(45)41-30-29-37(32-47(41)52)51(36-19-5-2-6-20-36)46-28-14-25-43-42-24-13-18-35-31-34-17-7-8-22-39(34)50(48(35)42)49(43)46/h1-32H. The lowest BCUT2D eigenvalue weighted by Gasteiger charge is -2.28. The number of benzene rings is 9. The normalized spacial score (nSPS) is 11.8. The molecule has 11 rings (SSSR count). The molecule has 10 aromatic rings. The summed E-state index contributed by atoms with van der Waals surface area (Å²) >= 11 is 0. The minimum atomic E-state index is 1.11. The molecule has 1 aromatic heterocycles. The van der Waals surface area contributed by atoms with E-state index in [0.29, 0.717) is 0 Å². The Balaban J connectivity index is 1.21. The molecular formula is C50H32N2. The molecule has 1 heterocycles. The number of fused-ring (bicyclic) bond motifs is 8. The highest BCUT2D eigenvalue weighted by atomic mass is 15.1. The molecule has 0 spiro atoms. The van der Waals surface area contributed by atoms with Crippen LogP contribution in [0.5, 0.6) is 0 Å². The fraction of sp³-hybridized carbons (Fsp3) is 0. The number of anilines is 3. The van der Waals surface area contributed by atoms with Gasteiger partial charge < -0.3 is 9.47 Å². The van der Waals surface area contributed by atoms with Crippen molar-refractivity contribution >= 4 is 60.4 Å². The van der Waals surface area contributed by atoms with Crippen molar-refractivity contribution < 1.29 is 0 Å². The zero-order valence-electron chi connectivity index (χ0n) is 28.4. The Morgan fingerprint density at radius 3 is 1.90 bits per heavy atom. The zero-order valence-corrected chi connectivity index (χ0v) is 28.4. The minimum Gasteiger partial charge on any atom is -0.310 e. The third kappa shape index (κ3) is 4.19. The van der Waals surface area contributed by atoms with Crippen LogP contribution in [0.15, 0.2) is 194 Å². The highest BCUT2D eigenvalue weighted by Gasteiger charge is 2.29. The van der Waals surface area contributed by atoms with Crippen molar-refractivity contribution in [3.05, 3.63) is 194 Å². The maximum absolute atomic E-state index is 2.46. The Hall–Kier alpha value is -6.90. The molecular weight excluding hydrogens is 629 g/mol. The average molecular weight is 661 g/mol. The number of para-hydroxylation sites is 3. The molecule has 0 bridgehead atoms. The highest BCUT2D eigenvalue weighted by Crippen LogP contribution is 2.55. The van der Waals surface area contributed by atoms with Crippen LogP contribution in [0.4, 0.5) is 17.1 Å². The van der Waals surface area contributed by atoms with Gasteiger partial charge in [0.25, 0.3) is 0 Å². The van der Waals surface area contributed by atoms with E-state index >= 15 is 0 Å². The summed E-state index contributed by atoms with van der Waals surface area (Å²) in [5.74, 6) is 0. The molecule has 1 aliphatic rings. The van der Waals surface area contributed by atoms with Crippen molar-refractivity contribution in [3.8, 4) is 39.1 Å². The van der Waals surface area contributed by atoms with Crippen molar-refractivity contribution in [1.82, 2.24) is 4.57 Å². The van der Waals surface area contributed by atoms with Crippen LogP contribution in [-0.2, 0) is 0 Å². The Kier molecular flexibility index (Phi) is 6.28. The third-order valence-corrected chi connectivity index (χ3v) is 10.9. The maximum atomic E-state index is 2.46. The van der Waals surface area contributed by atoms with Crippen LogP contribution in [0.2, 0.25) is 0 Å². The molecule has 52 heavy (non-hydrogen) atoms. The van der Waals surface area contributed by atoms with Crippen LogP contribution in [0.25, 0.3) is 82.4 Å². The third-order valence-electron chi connectivity index (χ3n) is 10.9. The van der Waals surface area contributed by atoms with Gasteiger partial charge in [0.2, 0.25) is 0 Å². The van der Waals surface area contributed by atoms with E-state index in [1.807, 2.05) is 0 Å². The number of aromatic nitrogens is 1. The first-order chi connectivity index (χ1) is 25.8. The molecule has 0 fully saturated rings. The molecule has 0 amide bonds. The van der Waals surface area contributed by atoms with Gasteiger partial charge in [-0.3, -0.25) is 0 Å². The van der Waals surface area contributed by atoms with Gasteiger partial charge in [0.15, 0.2) is 0 Å². The average Bonchev–Trinajstić information content (AvgIpc) is 3.73. The Bertz CT molecular complexity index is 3010. The summed E-state index contributed by atoms with van der Waals surface area (Å²) in [5.41, 5.74) is 14.5. The summed E-state index contributed by atoms with van der Waals surface area (Å²) in [6.07, 6.45) is 0. The van der Waals surface area contributed by atoms with Gasteiger partial charge in [-0.2, -0.15) is 0 Å². The van der Waals surface area contributed by atoms with E-state index in [1.165, 1.54) is 82.4 Å². The number of nitrogens with zero attached hydrogens (tertiary/aromatic N) is 2. The summed E-state index contributed by atoms with van der Waals surface area (Å²) in [4.78, 5) is 2.46. The molecule has 2 heteroatoms. The summed E-state index contributed by atoms with van der Waals surface area (Å²) < 4.78 is 2.46. The summed E-state index contributed by atoms with van der Waals surface area (Å²) in [6, 6.07) is 70.9. The molecule has 0 saturated heterocycles. The Morgan fingerprint density at radius 1 is 0.365 bits per heavy atom. The topological polar surface area (TPSA) is 8.17 Å². The molecule has 242 valence electrons. The summed E-state index contributed by atoms with van der Waals surface area (Å²) in [6.45, 7) is 0. The summed E-state index contributed by atoms with van der Waals surface area (Å²) in [5, 5.41) is 7.64. The second-order valence-electron chi connectivity index (χ2n) is 13.7. The SMILES string of the molecule is c1ccc(-c2ccccc2-n2c3ccccc3c3ccc(N(c4ccccc4)c4cccc5c4-c4c6ccccc6cc6cccc-5c46)cc32)cc1. The number of rotatable bonds is 5. The van der Waals surface area contributed by atoms with E-state index in [1.54, 1.807) is 0 Å². The first-order valence-corrected chi connectivity index (χ1v) is 17.9. The lowest BCUT2D eigenvalue weighted by Crippen LogP contribution is -2.11. The molecule has 2 nitrogen and oxygen atoms in total. The van der Waals surface area contributed by atoms with E-state index in [4.69, 9.17) is 0 Å². The van der Waals surface area contributed by atoms with Crippen molar-refractivity contribution in [2.45, 2.75) is 0 Å². The van der Waals surface area contributed by atoms with Crippen LogP contribution < -0.4 is 4.90 Å². The highest BCUT2D eigenvalue weighted by molar-refractivity contribution is 6.26. The predicted octanol–water partition coefficient (Wildman–Crippen LogP) is 13.9. The van der Waals surface area contributed by atoms with Crippen LogP contribution in [0.3, 0.4) is 0 Å². The molecule has 0 saturated carbocycles. The van der Waals surface area contributed by atoms with E-state index in [9.17, 15) is 0 Å². The van der Waals surface area contributed by atoms with Gasteiger partial charge in [-0.05, 0) is 86.8 Å². The Morgan fingerprint density at radius 2 is 1.02 bits per heavy atom. The molecule has 0 N–H and O–H groups in total. The second-order valence-corrected chi connectivity index (χ2v) is 13.7. The first kappa shape index (κ1) is 28.9. The smallest absolute Gasteiger partial charge is 0.0562 e. The molecule has 1 aliphatic carbocycles. The second kappa shape index (κ2) is 11.3. The minimum absolute atomic E-state index is 1.11. The zero-order chi connectivity index (χ0) is 34.2. The Labute approximate surface area is 302 Å². The largest absolute Gasteiger partial charge is 0.310 e. The van der Waals surface area contributed by atoms with Crippen molar-refractivity contribution in [2.24, 2.45) is 0 Å². The van der Waals surface area contributed by atoms with E-state index in [2.05, 4.69) is 204 Å². The van der Waals surface area contributed by atoms with Crippen LogP contribution in [-0.4, -0.2) is 4.57 Å². The summed E-state index contributed by atoms with van der Waals surface area (Å²) in [7, 11) is 0. The number of hydrogen-bond acceptors (Lipinski definition) is 1. The lowest BCUT2D eigenvalue weighted by atomic mass is 9.94. The van der Waals surface area contributed by atoms with E-state index in [-0.39, 0.29) is 0 Å². The molecule has 0 radical (unpaired) electrons. The first-order valence-electron chi connectivity index (χ1n) is 17.9. The van der Waals surface area contributed by atoms with E-state index in [0.717, 1.165) is 17.1 Å². The van der Waals surface area contributed by atoms with Gasteiger partial charge in [0.05, 0.1) is 22.4 Å².